The van der Waals surface area contributed by atoms with Gasteiger partial charge in [-0.25, -0.2) is 4.98 Å². The zero-order chi connectivity index (χ0) is 14.6. The van der Waals surface area contributed by atoms with Gasteiger partial charge in [0.05, 0.1) is 15.2 Å². The van der Waals surface area contributed by atoms with Gasteiger partial charge in [0, 0.05) is 12.5 Å². The highest BCUT2D eigenvalue weighted by Crippen LogP contribution is 2.26. The van der Waals surface area contributed by atoms with Crippen molar-refractivity contribution >= 4 is 21.6 Å². The molecule has 0 bridgehead atoms. The molecule has 0 aliphatic carbocycles. The molecular weight excluding hydrogens is 264 g/mol. The summed E-state index contributed by atoms with van der Waals surface area (Å²) in [5, 5.41) is 4.95. The van der Waals surface area contributed by atoms with Gasteiger partial charge in [0.15, 0.2) is 0 Å². The molecule has 2 rings (SSSR count). The number of aromatic nitrogens is 1. The average molecular weight is 290 g/mol. The third-order valence-electron chi connectivity index (χ3n) is 3.67. The highest BCUT2D eigenvalue weighted by Gasteiger charge is 2.23. The third-order valence-corrected chi connectivity index (χ3v) is 4.77. The summed E-state index contributed by atoms with van der Waals surface area (Å²) >= 11 is 1.83. The standard InChI is InChI=1S/C17H26N2S/c1-5-12-18-15(17(2,3)4)10-11-16-19-13-8-6-7-9-14(13)20-16/h6-9,15,18H,5,10-12H2,1-4H3. The van der Waals surface area contributed by atoms with Crippen molar-refractivity contribution in [3.05, 3.63) is 29.3 Å². The van der Waals surface area contributed by atoms with Gasteiger partial charge in [-0.05, 0) is 36.9 Å². The number of para-hydroxylation sites is 1. The second-order valence-electron chi connectivity index (χ2n) is 6.49. The first-order chi connectivity index (χ1) is 9.50. The van der Waals surface area contributed by atoms with Crippen molar-refractivity contribution in [3.8, 4) is 0 Å². The highest BCUT2D eigenvalue weighted by atomic mass is 32.1. The molecule has 2 nitrogen and oxygen atoms in total. The second-order valence-corrected chi connectivity index (χ2v) is 7.60. The van der Waals surface area contributed by atoms with Crippen LogP contribution in [-0.2, 0) is 6.42 Å². The number of hydrogen-bond acceptors (Lipinski definition) is 3. The van der Waals surface area contributed by atoms with Crippen molar-refractivity contribution in [1.82, 2.24) is 10.3 Å². The van der Waals surface area contributed by atoms with E-state index in [9.17, 15) is 0 Å². The monoisotopic (exact) mass is 290 g/mol. The largest absolute Gasteiger partial charge is 0.313 e. The lowest BCUT2D eigenvalue weighted by Gasteiger charge is -2.31. The Morgan fingerprint density at radius 3 is 2.65 bits per heavy atom. The molecule has 110 valence electrons. The number of thiazole rings is 1. The number of nitrogens with zero attached hydrogens (tertiary/aromatic N) is 1. The van der Waals surface area contributed by atoms with E-state index in [1.165, 1.54) is 16.1 Å². The summed E-state index contributed by atoms with van der Waals surface area (Å²) in [4.78, 5) is 4.74. The van der Waals surface area contributed by atoms with Crippen LogP contribution in [0.1, 0.15) is 45.5 Å². The molecule has 1 aromatic carbocycles. The molecular formula is C17H26N2S. The number of aryl methyl sites for hydroxylation is 1. The Balaban J connectivity index is 2.01. The van der Waals surface area contributed by atoms with Crippen LogP contribution in [0.5, 0.6) is 0 Å². The van der Waals surface area contributed by atoms with Crippen molar-refractivity contribution in [3.63, 3.8) is 0 Å². The van der Waals surface area contributed by atoms with E-state index >= 15 is 0 Å². The molecule has 3 heteroatoms. The van der Waals surface area contributed by atoms with Crippen molar-refractivity contribution in [1.29, 1.82) is 0 Å². The molecule has 0 spiro atoms. The lowest BCUT2D eigenvalue weighted by atomic mass is 9.84. The first kappa shape index (κ1) is 15.5. The SMILES string of the molecule is CCCNC(CCc1nc2ccccc2s1)C(C)(C)C. The maximum Gasteiger partial charge on any atom is 0.0939 e. The fraction of sp³-hybridized carbons (Fsp3) is 0.588. The van der Waals surface area contributed by atoms with Crippen LogP contribution in [0.15, 0.2) is 24.3 Å². The first-order valence-electron chi connectivity index (χ1n) is 7.58. The summed E-state index contributed by atoms with van der Waals surface area (Å²) in [5.41, 5.74) is 1.44. The molecule has 0 saturated carbocycles. The average Bonchev–Trinajstić information content (AvgIpc) is 2.79. The van der Waals surface area contributed by atoms with Crippen LogP contribution in [0.4, 0.5) is 0 Å². The van der Waals surface area contributed by atoms with Gasteiger partial charge in [-0.3, -0.25) is 0 Å². The van der Waals surface area contributed by atoms with Crippen LogP contribution < -0.4 is 5.32 Å². The number of benzene rings is 1. The van der Waals surface area contributed by atoms with E-state index < -0.39 is 0 Å². The fourth-order valence-corrected chi connectivity index (χ4v) is 3.44. The Kier molecular flexibility index (Phi) is 5.17. The molecule has 1 aromatic heterocycles. The summed E-state index contributed by atoms with van der Waals surface area (Å²) < 4.78 is 1.30. The van der Waals surface area contributed by atoms with E-state index in [1.807, 2.05) is 11.3 Å². The molecule has 0 fully saturated rings. The minimum Gasteiger partial charge on any atom is -0.313 e. The number of nitrogens with one attached hydrogen (secondary N) is 1. The zero-order valence-electron chi connectivity index (χ0n) is 13.1. The Labute approximate surface area is 126 Å². The molecule has 1 heterocycles. The minimum atomic E-state index is 0.297. The molecule has 0 radical (unpaired) electrons. The predicted molar refractivity (Wildman–Crippen MR) is 89.5 cm³/mol. The summed E-state index contributed by atoms with van der Waals surface area (Å²) in [5.74, 6) is 0. The number of rotatable bonds is 6. The van der Waals surface area contributed by atoms with Gasteiger partial charge in [0.1, 0.15) is 0 Å². The number of fused-ring (bicyclic) bond motifs is 1. The Hall–Kier alpha value is -0.930. The van der Waals surface area contributed by atoms with Crippen LogP contribution in [0.3, 0.4) is 0 Å². The third kappa shape index (κ3) is 4.03. The lowest BCUT2D eigenvalue weighted by molar-refractivity contribution is 0.255. The Morgan fingerprint density at radius 1 is 1.25 bits per heavy atom. The highest BCUT2D eigenvalue weighted by molar-refractivity contribution is 7.18. The maximum atomic E-state index is 4.74. The smallest absolute Gasteiger partial charge is 0.0939 e. The molecule has 1 unspecified atom stereocenters. The van der Waals surface area contributed by atoms with E-state index in [0.29, 0.717) is 11.5 Å². The molecule has 1 N–H and O–H groups in total. The molecule has 0 saturated heterocycles. The molecule has 0 amide bonds. The summed E-state index contributed by atoms with van der Waals surface area (Å²) in [6.45, 7) is 10.3. The van der Waals surface area contributed by atoms with Gasteiger partial charge in [0.2, 0.25) is 0 Å². The quantitative estimate of drug-likeness (QED) is 0.838. The molecule has 0 aliphatic heterocycles. The summed E-state index contributed by atoms with van der Waals surface area (Å²) in [7, 11) is 0. The normalized spacial score (nSPS) is 13.8. The van der Waals surface area contributed by atoms with E-state index in [0.717, 1.165) is 24.9 Å². The fourth-order valence-electron chi connectivity index (χ4n) is 2.45. The lowest BCUT2D eigenvalue weighted by Crippen LogP contribution is -2.41. The van der Waals surface area contributed by atoms with Gasteiger partial charge in [-0.15, -0.1) is 11.3 Å². The van der Waals surface area contributed by atoms with Crippen LogP contribution in [-0.4, -0.2) is 17.6 Å². The first-order valence-corrected chi connectivity index (χ1v) is 8.40. The second kappa shape index (κ2) is 6.68. The predicted octanol–water partition coefficient (Wildman–Crippen LogP) is 4.64. The topological polar surface area (TPSA) is 24.9 Å². The van der Waals surface area contributed by atoms with Crippen LogP contribution >= 0.6 is 11.3 Å². The van der Waals surface area contributed by atoms with Crippen LogP contribution in [0.25, 0.3) is 10.2 Å². The van der Waals surface area contributed by atoms with Crippen molar-refractivity contribution in [2.75, 3.05) is 6.54 Å². The van der Waals surface area contributed by atoms with Gasteiger partial charge < -0.3 is 5.32 Å². The minimum absolute atomic E-state index is 0.297. The Bertz CT molecular complexity index is 506. The van der Waals surface area contributed by atoms with Crippen LogP contribution in [0.2, 0.25) is 0 Å². The van der Waals surface area contributed by atoms with Gasteiger partial charge in [-0.2, -0.15) is 0 Å². The molecule has 1 atom stereocenters. The van der Waals surface area contributed by atoms with Crippen molar-refractivity contribution < 1.29 is 0 Å². The van der Waals surface area contributed by atoms with Gasteiger partial charge >= 0.3 is 0 Å². The number of hydrogen-bond donors (Lipinski definition) is 1. The summed E-state index contributed by atoms with van der Waals surface area (Å²) in [6.07, 6.45) is 3.41. The molecule has 20 heavy (non-hydrogen) atoms. The van der Waals surface area contributed by atoms with Gasteiger partial charge in [-0.1, -0.05) is 39.8 Å². The zero-order valence-corrected chi connectivity index (χ0v) is 13.9. The van der Waals surface area contributed by atoms with Gasteiger partial charge in [0.25, 0.3) is 0 Å². The Morgan fingerprint density at radius 2 is 2.00 bits per heavy atom. The van der Waals surface area contributed by atoms with E-state index in [4.69, 9.17) is 4.98 Å². The van der Waals surface area contributed by atoms with E-state index in [1.54, 1.807) is 0 Å². The van der Waals surface area contributed by atoms with E-state index in [2.05, 4.69) is 57.3 Å². The maximum absolute atomic E-state index is 4.74. The van der Waals surface area contributed by atoms with E-state index in [-0.39, 0.29) is 0 Å². The van der Waals surface area contributed by atoms with Crippen molar-refractivity contribution in [2.24, 2.45) is 5.41 Å². The van der Waals surface area contributed by atoms with Crippen molar-refractivity contribution in [2.45, 2.75) is 53.0 Å². The molecule has 2 aromatic rings. The molecule has 0 aliphatic rings. The summed E-state index contributed by atoms with van der Waals surface area (Å²) in [6, 6.07) is 8.96. The van der Waals surface area contributed by atoms with Crippen LogP contribution in [0, 0.1) is 5.41 Å².